The molecular weight excluding hydrogens is 331 g/mol. The zero-order valence-corrected chi connectivity index (χ0v) is 13.2. The molecule has 134 valence electrons. The molecule has 0 N–H and O–H groups in total. The SMILES string of the molecule is COC(=O)N1CCCC(C(=O)OC(c2nccn2C)C(F)(F)F)C1. The van der Waals surface area contributed by atoms with Crippen molar-refractivity contribution in [3.8, 4) is 0 Å². The summed E-state index contributed by atoms with van der Waals surface area (Å²) in [6.07, 6.45) is -4.50. The number of aromatic nitrogens is 2. The summed E-state index contributed by atoms with van der Waals surface area (Å²) < 4.78 is 50.1. The largest absolute Gasteiger partial charge is 0.453 e. The van der Waals surface area contributed by atoms with Gasteiger partial charge in [0.25, 0.3) is 6.10 Å². The molecule has 2 heterocycles. The predicted octanol–water partition coefficient (Wildman–Crippen LogP) is 2.05. The average Bonchev–Trinajstić information content (AvgIpc) is 2.96. The van der Waals surface area contributed by atoms with Crippen LogP contribution in [0.1, 0.15) is 24.8 Å². The molecule has 0 radical (unpaired) electrons. The Morgan fingerprint density at radius 3 is 2.67 bits per heavy atom. The smallest absolute Gasteiger partial charge is 0.432 e. The number of hydrogen-bond acceptors (Lipinski definition) is 5. The van der Waals surface area contributed by atoms with Crippen LogP contribution in [0.4, 0.5) is 18.0 Å². The maximum atomic E-state index is 13.2. The first-order chi connectivity index (χ1) is 11.2. The summed E-state index contributed by atoms with van der Waals surface area (Å²) in [6, 6.07) is 0. The number of ether oxygens (including phenoxy) is 2. The van der Waals surface area contributed by atoms with E-state index in [2.05, 4.69) is 9.72 Å². The standard InChI is InChI=1S/C14H18F3N3O4/c1-19-7-5-18-11(19)10(14(15,16)17)24-12(21)9-4-3-6-20(8-9)13(22)23-2/h5,7,9-10H,3-4,6,8H2,1-2H3. The lowest BCUT2D eigenvalue weighted by Crippen LogP contribution is -2.43. The molecule has 0 bridgehead atoms. The van der Waals surface area contributed by atoms with Gasteiger partial charge in [0.2, 0.25) is 0 Å². The molecule has 2 atom stereocenters. The highest BCUT2D eigenvalue weighted by Crippen LogP contribution is 2.36. The summed E-state index contributed by atoms with van der Waals surface area (Å²) in [7, 11) is 2.58. The number of amides is 1. The van der Waals surface area contributed by atoms with Crippen molar-refractivity contribution in [3.63, 3.8) is 0 Å². The van der Waals surface area contributed by atoms with Gasteiger partial charge in [0, 0.05) is 32.5 Å². The molecule has 0 aromatic carbocycles. The molecule has 0 saturated carbocycles. The van der Waals surface area contributed by atoms with Gasteiger partial charge in [0.15, 0.2) is 5.82 Å². The molecule has 1 aliphatic rings. The van der Waals surface area contributed by atoms with Crippen molar-refractivity contribution in [1.82, 2.24) is 14.5 Å². The molecule has 7 nitrogen and oxygen atoms in total. The Morgan fingerprint density at radius 1 is 1.42 bits per heavy atom. The second-order valence-electron chi connectivity index (χ2n) is 5.51. The van der Waals surface area contributed by atoms with E-state index in [0.717, 1.165) is 4.57 Å². The number of piperidine rings is 1. The van der Waals surface area contributed by atoms with E-state index in [1.165, 1.54) is 31.5 Å². The van der Waals surface area contributed by atoms with E-state index < -0.39 is 36.1 Å². The van der Waals surface area contributed by atoms with Crippen LogP contribution in [-0.2, 0) is 21.3 Å². The zero-order valence-electron chi connectivity index (χ0n) is 13.2. The minimum atomic E-state index is -4.79. The van der Waals surface area contributed by atoms with Crippen LogP contribution in [-0.4, -0.2) is 52.9 Å². The Bertz CT molecular complexity index is 602. The summed E-state index contributed by atoms with van der Waals surface area (Å²) in [5, 5.41) is 0. The number of methoxy groups -OCH3 is 1. The van der Waals surface area contributed by atoms with Crippen LogP contribution in [0, 0.1) is 5.92 Å². The van der Waals surface area contributed by atoms with Crippen LogP contribution in [0.5, 0.6) is 0 Å². The number of carbonyl (C=O) groups is 2. The summed E-state index contributed by atoms with van der Waals surface area (Å²) in [4.78, 5) is 28.6. The van der Waals surface area contributed by atoms with Crippen LogP contribution < -0.4 is 0 Å². The van der Waals surface area contributed by atoms with Gasteiger partial charge in [-0.1, -0.05) is 0 Å². The van der Waals surface area contributed by atoms with E-state index in [1.807, 2.05) is 0 Å². The Morgan fingerprint density at radius 2 is 2.12 bits per heavy atom. The van der Waals surface area contributed by atoms with Gasteiger partial charge >= 0.3 is 18.2 Å². The van der Waals surface area contributed by atoms with Crippen molar-refractivity contribution < 1.29 is 32.2 Å². The highest BCUT2D eigenvalue weighted by Gasteiger charge is 2.47. The topological polar surface area (TPSA) is 73.7 Å². The number of aryl methyl sites for hydroxylation is 1. The van der Waals surface area contributed by atoms with E-state index in [-0.39, 0.29) is 6.54 Å². The minimum Gasteiger partial charge on any atom is -0.453 e. The third-order valence-corrected chi connectivity index (χ3v) is 3.81. The van der Waals surface area contributed by atoms with E-state index in [4.69, 9.17) is 4.74 Å². The Balaban J connectivity index is 2.11. The van der Waals surface area contributed by atoms with Gasteiger partial charge < -0.3 is 18.9 Å². The molecule has 1 aliphatic heterocycles. The maximum Gasteiger partial charge on any atom is 0.432 e. The molecule has 1 aromatic rings. The summed E-state index contributed by atoms with van der Waals surface area (Å²) >= 11 is 0. The van der Waals surface area contributed by atoms with Crippen molar-refractivity contribution in [2.24, 2.45) is 13.0 Å². The third kappa shape index (κ3) is 3.98. The molecule has 0 aliphatic carbocycles. The predicted molar refractivity (Wildman–Crippen MR) is 74.8 cm³/mol. The van der Waals surface area contributed by atoms with E-state index in [9.17, 15) is 22.8 Å². The summed E-state index contributed by atoms with van der Waals surface area (Å²) in [5.41, 5.74) is 0. The van der Waals surface area contributed by atoms with Crippen LogP contribution in [0.2, 0.25) is 0 Å². The summed E-state index contributed by atoms with van der Waals surface area (Å²) in [6.45, 7) is 0.356. The number of alkyl halides is 3. The molecule has 1 fully saturated rings. The van der Waals surface area contributed by atoms with Gasteiger partial charge in [0.05, 0.1) is 13.0 Å². The lowest BCUT2D eigenvalue weighted by molar-refractivity contribution is -0.229. The number of carbonyl (C=O) groups excluding carboxylic acids is 2. The zero-order chi connectivity index (χ0) is 17.9. The Hall–Kier alpha value is -2.26. The Kier molecular flexibility index (Phi) is 5.35. The third-order valence-electron chi connectivity index (χ3n) is 3.81. The first-order valence-corrected chi connectivity index (χ1v) is 7.31. The van der Waals surface area contributed by atoms with Gasteiger partial charge in [-0.05, 0) is 12.8 Å². The second kappa shape index (κ2) is 7.10. The lowest BCUT2D eigenvalue weighted by Gasteiger charge is -2.31. The van der Waals surface area contributed by atoms with E-state index in [1.54, 1.807) is 0 Å². The van der Waals surface area contributed by atoms with Crippen molar-refractivity contribution in [3.05, 3.63) is 18.2 Å². The van der Waals surface area contributed by atoms with Gasteiger partial charge in [-0.25, -0.2) is 9.78 Å². The summed E-state index contributed by atoms with van der Waals surface area (Å²) in [5.74, 6) is -2.24. The van der Waals surface area contributed by atoms with E-state index >= 15 is 0 Å². The molecule has 1 aromatic heterocycles. The molecule has 2 unspecified atom stereocenters. The van der Waals surface area contributed by atoms with Crippen molar-refractivity contribution >= 4 is 12.1 Å². The second-order valence-corrected chi connectivity index (χ2v) is 5.51. The number of halogens is 3. The lowest BCUT2D eigenvalue weighted by atomic mass is 9.98. The average molecular weight is 349 g/mol. The number of esters is 1. The fourth-order valence-electron chi connectivity index (χ4n) is 2.57. The highest BCUT2D eigenvalue weighted by molar-refractivity contribution is 5.75. The maximum absolute atomic E-state index is 13.2. The van der Waals surface area contributed by atoms with Gasteiger partial charge in [-0.15, -0.1) is 0 Å². The number of likely N-dealkylation sites (tertiary alicyclic amines) is 1. The van der Waals surface area contributed by atoms with Crippen LogP contribution in [0.25, 0.3) is 0 Å². The first-order valence-electron chi connectivity index (χ1n) is 7.31. The molecule has 1 amide bonds. The normalized spacial score (nSPS) is 19.7. The number of nitrogens with zero attached hydrogens (tertiary/aromatic N) is 3. The molecule has 24 heavy (non-hydrogen) atoms. The van der Waals surface area contributed by atoms with Gasteiger partial charge in [-0.2, -0.15) is 13.2 Å². The molecule has 2 rings (SSSR count). The molecular formula is C14H18F3N3O4. The molecule has 0 spiro atoms. The van der Waals surface area contributed by atoms with Gasteiger partial charge in [-0.3, -0.25) is 4.79 Å². The van der Waals surface area contributed by atoms with Crippen molar-refractivity contribution in [2.45, 2.75) is 25.1 Å². The molecule has 1 saturated heterocycles. The van der Waals surface area contributed by atoms with Crippen LogP contribution in [0.3, 0.4) is 0 Å². The fourth-order valence-corrected chi connectivity index (χ4v) is 2.57. The fraction of sp³-hybridized carbons (Fsp3) is 0.643. The number of imidazole rings is 1. The Labute approximate surface area is 136 Å². The highest BCUT2D eigenvalue weighted by atomic mass is 19.4. The van der Waals surface area contributed by atoms with Crippen LogP contribution in [0.15, 0.2) is 12.4 Å². The van der Waals surface area contributed by atoms with Crippen LogP contribution >= 0.6 is 0 Å². The van der Waals surface area contributed by atoms with Gasteiger partial charge in [0.1, 0.15) is 0 Å². The quantitative estimate of drug-likeness (QED) is 0.781. The van der Waals surface area contributed by atoms with E-state index in [0.29, 0.717) is 19.4 Å². The number of hydrogen-bond donors (Lipinski definition) is 0. The first kappa shape index (κ1) is 18.1. The molecule has 10 heteroatoms. The number of rotatable bonds is 3. The minimum absolute atomic E-state index is 0.0311. The van der Waals surface area contributed by atoms with Crippen molar-refractivity contribution in [2.75, 3.05) is 20.2 Å². The van der Waals surface area contributed by atoms with Crippen molar-refractivity contribution in [1.29, 1.82) is 0 Å². The monoisotopic (exact) mass is 349 g/mol.